The van der Waals surface area contributed by atoms with Gasteiger partial charge in [0, 0.05) is 25.7 Å². The molecule has 0 saturated carbocycles. The van der Waals surface area contributed by atoms with Crippen LogP contribution >= 0.6 is 11.6 Å². The van der Waals surface area contributed by atoms with Crippen molar-refractivity contribution in [3.8, 4) is 11.8 Å². The lowest BCUT2D eigenvalue weighted by Crippen LogP contribution is -2.24. The Balaban J connectivity index is 1.55. The van der Waals surface area contributed by atoms with Crippen LogP contribution in [0.25, 0.3) is 0 Å². The molecule has 3 aromatic rings. The van der Waals surface area contributed by atoms with Gasteiger partial charge in [-0.3, -0.25) is 4.79 Å². The van der Waals surface area contributed by atoms with Crippen LogP contribution in [0.15, 0.2) is 48.7 Å². The minimum atomic E-state index is -0.0673. The minimum absolute atomic E-state index is 0.0673. The quantitative estimate of drug-likeness (QED) is 0.575. The number of nitrogens with one attached hydrogen (secondary N) is 2. The van der Waals surface area contributed by atoms with E-state index < -0.39 is 0 Å². The average Bonchev–Trinajstić information content (AvgIpc) is 2.93. The molecule has 0 radical (unpaired) electrons. The van der Waals surface area contributed by atoms with Gasteiger partial charge in [-0.25, -0.2) is 4.98 Å². The first-order chi connectivity index (χ1) is 15.5. The van der Waals surface area contributed by atoms with E-state index in [9.17, 15) is 4.79 Å². The molecule has 9 heteroatoms. The first-order valence-corrected chi connectivity index (χ1v) is 10.4. The number of hydrogen-bond acceptors (Lipinski definition) is 7. The second kappa shape index (κ2) is 9.54. The van der Waals surface area contributed by atoms with Gasteiger partial charge in [-0.15, -0.1) is 0 Å². The highest BCUT2D eigenvalue weighted by molar-refractivity contribution is 6.32. The number of carbonyl (C=O) groups excluding carboxylic acids is 1. The third-order valence-electron chi connectivity index (χ3n) is 5.08. The highest BCUT2D eigenvalue weighted by Crippen LogP contribution is 2.31. The highest BCUT2D eigenvalue weighted by Gasteiger charge is 2.18. The van der Waals surface area contributed by atoms with E-state index in [2.05, 4.69) is 20.6 Å². The van der Waals surface area contributed by atoms with Crippen LogP contribution in [0.5, 0.6) is 5.75 Å². The van der Waals surface area contributed by atoms with Gasteiger partial charge in [0.2, 0.25) is 11.9 Å². The number of nitriles is 1. The standard InChI is InChI=1S/C23H21ClN6O2/c1-30-14-16-12-17(8-6-15(16)7-9-21(30)31)27-23-26-13-18(24)22(29-23)28-19-4-2-3-5-20(19)32-11-10-25/h2-6,8,12-13H,7,9,11,14H2,1H3,(H2,26,27,28,29). The van der Waals surface area contributed by atoms with Gasteiger partial charge < -0.3 is 20.3 Å². The molecule has 8 nitrogen and oxygen atoms in total. The van der Waals surface area contributed by atoms with Gasteiger partial charge in [-0.2, -0.15) is 10.2 Å². The van der Waals surface area contributed by atoms with E-state index >= 15 is 0 Å². The van der Waals surface area contributed by atoms with Crippen molar-refractivity contribution in [1.82, 2.24) is 14.9 Å². The first kappa shape index (κ1) is 21.4. The Kier molecular flexibility index (Phi) is 6.38. The molecule has 32 heavy (non-hydrogen) atoms. The summed E-state index contributed by atoms with van der Waals surface area (Å²) in [5, 5.41) is 15.5. The summed E-state index contributed by atoms with van der Waals surface area (Å²) in [6, 6.07) is 15.2. The molecule has 4 rings (SSSR count). The Morgan fingerprint density at radius 2 is 2.03 bits per heavy atom. The fourth-order valence-corrected chi connectivity index (χ4v) is 3.59. The number of aromatic nitrogens is 2. The number of ether oxygens (including phenoxy) is 1. The van der Waals surface area contributed by atoms with Crippen LogP contribution in [-0.4, -0.2) is 34.4 Å². The maximum Gasteiger partial charge on any atom is 0.229 e. The summed E-state index contributed by atoms with van der Waals surface area (Å²) in [4.78, 5) is 22.5. The smallest absolute Gasteiger partial charge is 0.229 e. The molecule has 2 aromatic carbocycles. The Labute approximate surface area is 190 Å². The summed E-state index contributed by atoms with van der Waals surface area (Å²) in [6.07, 6.45) is 2.76. The van der Waals surface area contributed by atoms with Gasteiger partial charge in [0.15, 0.2) is 12.4 Å². The van der Waals surface area contributed by atoms with Crippen molar-refractivity contribution in [1.29, 1.82) is 5.26 Å². The molecule has 0 bridgehead atoms. The van der Waals surface area contributed by atoms with Gasteiger partial charge in [0.25, 0.3) is 0 Å². The number of carbonyl (C=O) groups is 1. The normalized spacial score (nSPS) is 13.0. The highest BCUT2D eigenvalue weighted by atomic mass is 35.5. The van der Waals surface area contributed by atoms with E-state index in [4.69, 9.17) is 21.6 Å². The molecule has 1 aromatic heterocycles. The van der Waals surface area contributed by atoms with Crippen LogP contribution in [0, 0.1) is 11.3 Å². The van der Waals surface area contributed by atoms with Crippen LogP contribution < -0.4 is 15.4 Å². The number of benzene rings is 2. The predicted molar refractivity (Wildman–Crippen MR) is 122 cm³/mol. The number of anilines is 4. The number of amides is 1. The van der Waals surface area contributed by atoms with Crippen molar-refractivity contribution in [2.24, 2.45) is 0 Å². The van der Waals surface area contributed by atoms with Crippen LogP contribution in [0.3, 0.4) is 0 Å². The zero-order chi connectivity index (χ0) is 22.5. The number of para-hydroxylation sites is 2. The van der Waals surface area contributed by atoms with Crippen molar-refractivity contribution >= 4 is 40.6 Å². The Morgan fingerprint density at radius 3 is 2.88 bits per heavy atom. The molecule has 0 unspecified atom stereocenters. The average molecular weight is 449 g/mol. The monoisotopic (exact) mass is 448 g/mol. The lowest BCUT2D eigenvalue weighted by Gasteiger charge is -2.16. The summed E-state index contributed by atoms with van der Waals surface area (Å²) in [5.41, 5.74) is 3.71. The second-order valence-corrected chi connectivity index (χ2v) is 7.72. The van der Waals surface area contributed by atoms with Crippen LogP contribution in [0.1, 0.15) is 17.5 Å². The third-order valence-corrected chi connectivity index (χ3v) is 5.36. The maximum absolute atomic E-state index is 12.0. The largest absolute Gasteiger partial charge is 0.477 e. The van der Waals surface area contributed by atoms with Gasteiger partial charge in [0.05, 0.1) is 11.9 Å². The first-order valence-electron chi connectivity index (χ1n) is 10.0. The SMILES string of the molecule is CN1Cc2cc(Nc3ncc(Cl)c(Nc4ccccc4OCC#N)n3)ccc2CCC1=O. The molecule has 1 aliphatic rings. The Morgan fingerprint density at radius 1 is 1.19 bits per heavy atom. The molecule has 0 atom stereocenters. The van der Waals surface area contributed by atoms with Crippen molar-refractivity contribution in [3.63, 3.8) is 0 Å². The lowest BCUT2D eigenvalue weighted by molar-refractivity contribution is -0.130. The third kappa shape index (κ3) is 4.90. The molecule has 0 aliphatic carbocycles. The molecular weight excluding hydrogens is 428 g/mol. The van der Waals surface area contributed by atoms with Crippen LogP contribution in [0.2, 0.25) is 5.02 Å². The van der Waals surface area contributed by atoms with Crippen molar-refractivity contribution in [3.05, 3.63) is 64.8 Å². The summed E-state index contributed by atoms with van der Waals surface area (Å²) >= 11 is 6.30. The van der Waals surface area contributed by atoms with E-state index in [1.54, 1.807) is 11.0 Å². The molecule has 0 fully saturated rings. The van der Waals surface area contributed by atoms with Gasteiger partial charge in [-0.1, -0.05) is 29.8 Å². The molecular formula is C23H21ClN6O2. The molecule has 162 valence electrons. The zero-order valence-electron chi connectivity index (χ0n) is 17.4. The van der Waals surface area contributed by atoms with Crippen molar-refractivity contribution in [2.45, 2.75) is 19.4 Å². The Hall–Kier alpha value is -3.83. The van der Waals surface area contributed by atoms with E-state index in [1.807, 2.05) is 49.5 Å². The number of halogens is 1. The molecule has 0 spiro atoms. The molecule has 1 amide bonds. The summed E-state index contributed by atoms with van der Waals surface area (Å²) in [6.45, 7) is 0.500. The van der Waals surface area contributed by atoms with Crippen LogP contribution in [-0.2, 0) is 17.8 Å². The molecule has 2 N–H and O–H groups in total. The van der Waals surface area contributed by atoms with E-state index in [1.165, 1.54) is 11.8 Å². The van der Waals surface area contributed by atoms with E-state index in [0.717, 1.165) is 17.7 Å². The van der Waals surface area contributed by atoms with Gasteiger partial charge >= 0.3 is 0 Å². The number of hydrogen-bond donors (Lipinski definition) is 2. The summed E-state index contributed by atoms with van der Waals surface area (Å²) in [7, 11) is 1.82. The van der Waals surface area contributed by atoms with Crippen molar-refractivity contribution in [2.75, 3.05) is 24.3 Å². The molecule has 0 saturated heterocycles. The minimum Gasteiger partial charge on any atom is -0.477 e. The van der Waals surface area contributed by atoms with Gasteiger partial charge in [-0.05, 0) is 41.8 Å². The Bertz CT molecular complexity index is 1190. The number of nitrogens with zero attached hydrogens (tertiary/aromatic N) is 4. The molecule has 1 aliphatic heterocycles. The molecule has 2 heterocycles. The fourth-order valence-electron chi connectivity index (χ4n) is 3.45. The van der Waals surface area contributed by atoms with E-state index in [0.29, 0.717) is 41.2 Å². The van der Waals surface area contributed by atoms with Crippen molar-refractivity contribution < 1.29 is 9.53 Å². The van der Waals surface area contributed by atoms with Crippen LogP contribution in [0.4, 0.5) is 23.1 Å². The number of aryl methyl sites for hydroxylation is 1. The summed E-state index contributed by atoms with van der Waals surface area (Å²) in [5.74, 6) is 1.43. The predicted octanol–water partition coefficient (Wildman–Crippen LogP) is 4.42. The van der Waals surface area contributed by atoms with E-state index in [-0.39, 0.29) is 12.5 Å². The summed E-state index contributed by atoms with van der Waals surface area (Å²) < 4.78 is 5.45. The topological polar surface area (TPSA) is 103 Å². The zero-order valence-corrected chi connectivity index (χ0v) is 18.2. The lowest BCUT2D eigenvalue weighted by atomic mass is 10.0. The second-order valence-electron chi connectivity index (χ2n) is 7.32. The fraction of sp³-hybridized carbons (Fsp3) is 0.217. The number of fused-ring (bicyclic) bond motifs is 1. The number of rotatable bonds is 6. The van der Waals surface area contributed by atoms with Gasteiger partial charge in [0.1, 0.15) is 16.8 Å². The maximum atomic E-state index is 12.0.